The topological polar surface area (TPSA) is 47.6 Å². The van der Waals surface area contributed by atoms with Gasteiger partial charge in [0.05, 0.1) is 17.2 Å². The molecule has 0 spiro atoms. The number of amides is 1. The second kappa shape index (κ2) is 6.84. The smallest absolute Gasteiger partial charge is 0.252 e. The van der Waals surface area contributed by atoms with Crippen LogP contribution in [0.5, 0.6) is 0 Å². The molecule has 1 atom stereocenters. The molecule has 1 rings (SSSR count). The fraction of sp³-hybridized carbons (Fsp3) is 0.462. The number of benzene rings is 1. The average Bonchev–Trinajstić information content (AvgIpc) is 2.36. The summed E-state index contributed by atoms with van der Waals surface area (Å²) >= 11 is 5.81. The van der Waals surface area contributed by atoms with Gasteiger partial charge in [0.1, 0.15) is 11.4 Å². The third-order valence-corrected chi connectivity index (χ3v) is 3.05. The summed E-state index contributed by atoms with van der Waals surface area (Å²) in [4.78, 5) is 11.9. The Labute approximate surface area is 116 Å². The molecule has 1 amide bonds. The Kier molecular flexibility index (Phi) is 5.72. The molecule has 0 heterocycles. The van der Waals surface area contributed by atoms with Crippen LogP contribution in [0.25, 0.3) is 0 Å². The molecule has 0 saturated heterocycles. The summed E-state index contributed by atoms with van der Waals surface area (Å²) in [7, 11) is 3.09. The summed E-state index contributed by atoms with van der Waals surface area (Å²) in [6.07, 6.45) is 0. The van der Waals surface area contributed by atoms with Gasteiger partial charge in [0, 0.05) is 20.8 Å². The Bertz CT molecular complexity index is 456. The van der Waals surface area contributed by atoms with Crippen molar-refractivity contribution >= 4 is 17.5 Å². The number of carbonyl (C=O) groups is 1. The first kappa shape index (κ1) is 15.9. The van der Waals surface area contributed by atoms with Crippen LogP contribution in [0.1, 0.15) is 17.3 Å². The van der Waals surface area contributed by atoms with Crippen molar-refractivity contribution in [2.24, 2.45) is 0 Å². The summed E-state index contributed by atoms with van der Waals surface area (Å²) in [6, 6.07) is 3.63. The predicted octanol–water partition coefficient (Wildman–Crippen LogP) is 2.26. The van der Waals surface area contributed by atoms with Crippen LogP contribution < -0.4 is 5.32 Å². The van der Waals surface area contributed by atoms with E-state index >= 15 is 0 Å². The fourth-order valence-electron chi connectivity index (χ4n) is 1.52. The molecule has 19 heavy (non-hydrogen) atoms. The summed E-state index contributed by atoms with van der Waals surface area (Å²) in [6.45, 7) is 2.40. The molecule has 1 aromatic carbocycles. The highest BCUT2D eigenvalue weighted by Gasteiger charge is 2.25. The number of rotatable bonds is 6. The summed E-state index contributed by atoms with van der Waals surface area (Å²) < 4.78 is 23.2. The molecule has 0 aliphatic rings. The zero-order valence-electron chi connectivity index (χ0n) is 11.1. The summed E-state index contributed by atoms with van der Waals surface area (Å²) in [5.74, 6) is -0.868. The molecule has 1 N–H and O–H groups in total. The lowest BCUT2D eigenvalue weighted by atomic mass is 10.1. The van der Waals surface area contributed by atoms with Gasteiger partial charge in [-0.1, -0.05) is 11.6 Å². The van der Waals surface area contributed by atoms with Gasteiger partial charge in [0.25, 0.3) is 5.91 Å². The van der Waals surface area contributed by atoms with E-state index in [2.05, 4.69) is 5.32 Å². The first-order chi connectivity index (χ1) is 8.91. The van der Waals surface area contributed by atoms with Crippen LogP contribution in [0.3, 0.4) is 0 Å². The van der Waals surface area contributed by atoms with Gasteiger partial charge < -0.3 is 14.8 Å². The van der Waals surface area contributed by atoms with Crippen LogP contribution in [0.15, 0.2) is 18.2 Å². The van der Waals surface area contributed by atoms with E-state index in [-0.39, 0.29) is 23.0 Å². The highest BCUT2D eigenvalue weighted by Crippen LogP contribution is 2.17. The number of methoxy groups -OCH3 is 2. The molecule has 106 valence electrons. The molecule has 0 aliphatic carbocycles. The largest absolute Gasteiger partial charge is 0.382 e. The highest BCUT2D eigenvalue weighted by molar-refractivity contribution is 6.33. The monoisotopic (exact) mass is 289 g/mol. The predicted molar refractivity (Wildman–Crippen MR) is 71.0 cm³/mol. The van der Waals surface area contributed by atoms with Crippen molar-refractivity contribution in [3.05, 3.63) is 34.6 Å². The first-order valence-electron chi connectivity index (χ1n) is 5.69. The minimum Gasteiger partial charge on any atom is -0.382 e. The van der Waals surface area contributed by atoms with E-state index in [1.54, 1.807) is 7.11 Å². The molecule has 0 saturated carbocycles. The van der Waals surface area contributed by atoms with Crippen molar-refractivity contribution in [2.75, 3.05) is 27.4 Å². The van der Waals surface area contributed by atoms with Crippen LogP contribution in [-0.2, 0) is 9.47 Å². The molecule has 6 heteroatoms. The fourth-order valence-corrected chi connectivity index (χ4v) is 1.78. The molecule has 1 unspecified atom stereocenters. The Morgan fingerprint density at radius 3 is 2.68 bits per heavy atom. The van der Waals surface area contributed by atoms with E-state index in [4.69, 9.17) is 21.1 Å². The van der Waals surface area contributed by atoms with Gasteiger partial charge in [0.2, 0.25) is 0 Å². The molecule has 0 aliphatic heterocycles. The number of halogens is 2. The lowest BCUT2D eigenvalue weighted by Gasteiger charge is -2.27. The van der Waals surface area contributed by atoms with Gasteiger partial charge in [-0.2, -0.15) is 0 Å². The normalized spacial score (nSPS) is 13.9. The van der Waals surface area contributed by atoms with Gasteiger partial charge in [-0.15, -0.1) is 0 Å². The van der Waals surface area contributed by atoms with E-state index in [1.807, 2.05) is 6.92 Å². The maximum atomic E-state index is 12.9. The Hall–Kier alpha value is -1.17. The average molecular weight is 290 g/mol. The van der Waals surface area contributed by atoms with E-state index in [9.17, 15) is 9.18 Å². The minimum atomic E-state index is -0.628. The van der Waals surface area contributed by atoms with E-state index < -0.39 is 11.4 Å². The second-order valence-electron chi connectivity index (χ2n) is 4.39. The van der Waals surface area contributed by atoms with Gasteiger partial charge in [-0.05, 0) is 25.1 Å². The van der Waals surface area contributed by atoms with Crippen molar-refractivity contribution in [3.8, 4) is 0 Å². The number of ether oxygens (including phenoxy) is 2. The zero-order chi connectivity index (χ0) is 14.5. The van der Waals surface area contributed by atoms with Crippen LogP contribution in [0.4, 0.5) is 4.39 Å². The lowest BCUT2D eigenvalue weighted by molar-refractivity contribution is -0.0479. The van der Waals surface area contributed by atoms with Gasteiger partial charge in [-0.3, -0.25) is 4.79 Å². The third kappa shape index (κ3) is 4.45. The number of hydrogen-bond donors (Lipinski definition) is 1. The van der Waals surface area contributed by atoms with Crippen LogP contribution >= 0.6 is 11.6 Å². The maximum absolute atomic E-state index is 12.9. The van der Waals surface area contributed by atoms with Gasteiger partial charge >= 0.3 is 0 Å². The molecule has 0 radical (unpaired) electrons. The summed E-state index contributed by atoms with van der Waals surface area (Å²) in [5, 5.41) is 2.76. The second-order valence-corrected chi connectivity index (χ2v) is 4.80. The van der Waals surface area contributed by atoms with E-state index in [1.165, 1.54) is 19.2 Å². The molecule has 0 fully saturated rings. The maximum Gasteiger partial charge on any atom is 0.252 e. The van der Waals surface area contributed by atoms with Crippen LogP contribution in [-0.4, -0.2) is 38.9 Å². The minimum absolute atomic E-state index is 0.0726. The van der Waals surface area contributed by atoms with Crippen molar-refractivity contribution in [2.45, 2.75) is 12.5 Å². The number of hydrogen-bond acceptors (Lipinski definition) is 3. The van der Waals surface area contributed by atoms with Crippen molar-refractivity contribution in [3.63, 3.8) is 0 Å². The number of nitrogens with one attached hydrogen (secondary N) is 1. The van der Waals surface area contributed by atoms with Crippen LogP contribution in [0, 0.1) is 5.82 Å². The van der Waals surface area contributed by atoms with Crippen molar-refractivity contribution in [1.29, 1.82) is 0 Å². The Balaban J connectivity index is 2.69. The quantitative estimate of drug-likeness (QED) is 0.874. The van der Waals surface area contributed by atoms with Crippen molar-refractivity contribution in [1.82, 2.24) is 5.32 Å². The van der Waals surface area contributed by atoms with E-state index in [0.717, 1.165) is 6.07 Å². The molecule has 1 aromatic rings. The van der Waals surface area contributed by atoms with E-state index in [0.29, 0.717) is 6.61 Å². The standard InChI is InChI=1S/C13H17ClFNO3/c1-13(19-3,8-18-2)7-16-12(17)10-5-4-9(15)6-11(10)14/h4-6H,7-8H2,1-3H3,(H,16,17). The van der Waals surface area contributed by atoms with Gasteiger partial charge in [-0.25, -0.2) is 4.39 Å². The Morgan fingerprint density at radius 1 is 1.47 bits per heavy atom. The number of carbonyl (C=O) groups excluding carboxylic acids is 1. The highest BCUT2D eigenvalue weighted by atomic mass is 35.5. The summed E-state index contributed by atoms with van der Waals surface area (Å²) in [5.41, 5.74) is -0.407. The van der Waals surface area contributed by atoms with Crippen LogP contribution in [0.2, 0.25) is 5.02 Å². The molecular weight excluding hydrogens is 273 g/mol. The zero-order valence-corrected chi connectivity index (χ0v) is 11.9. The molecule has 0 bridgehead atoms. The molecular formula is C13H17ClFNO3. The van der Waals surface area contributed by atoms with Gasteiger partial charge in [0.15, 0.2) is 0 Å². The Morgan fingerprint density at radius 2 is 2.16 bits per heavy atom. The third-order valence-electron chi connectivity index (χ3n) is 2.74. The molecule has 0 aromatic heterocycles. The lowest BCUT2D eigenvalue weighted by Crippen LogP contribution is -2.45. The first-order valence-corrected chi connectivity index (χ1v) is 6.07. The SMILES string of the molecule is COCC(C)(CNC(=O)c1ccc(F)cc1Cl)OC. The van der Waals surface area contributed by atoms with Crippen molar-refractivity contribution < 1.29 is 18.7 Å². The molecule has 4 nitrogen and oxygen atoms in total.